The maximum Gasteiger partial charge on any atom is 0.398 e. The van der Waals surface area contributed by atoms with Crippen LogP contribution < -0.4 is 4.74 Å². The van der Waals surface area contributed by atoms with Crippen molar-refractivity contribution in [3.63, 3.8) is 0 Å². The standard InChI is InChI=1S/C26H24F5N3O3/c27-17-9-15(11-20-34-13-24(14-36-20)4-7-35-8-5-24)10-18(28)22(17)37-19-1-6-32-23-21(19)16(12-33-23)25(2-3-25)26(29,30)31/h1,6,9-10,12H,2-5,7-8,11,13-14H2,(H,32,33). The van der Waals surface area contributed by atoms with Crippen LogP contribution in [-0.2, 0) is 21.3 Å². The molecule has 3 aromatic rings. The van der Waals surface area contributed by atoms with E-state index in [9.17, 15) is 13.2 Å². The Morgan fingerprint density at radius 1 is 1.05 bits per heavy atom. The molecule has 0 bridgehead atoms. The lowest BCUT2D eigenvalue weighted by molar-refractivity contribution is -0.160. The van der Waals surface area contributed by atoms with Crippen LogP contribution in [-0.4, -0.2) is 48.4 Å². The lowest BCUT2D eigenvalue weighted by Crippen LogP contribution is -2.41. The van der Waals surface area contributed by atoms with Crippen molar-refractivity contribution < 1.29 is 36.2 Å². The minimum absolute atomic E-state index is 0.0368. The van der Waals surface area contributed by atoms with E-state index in [-0.39, 0.29) is 47.0 Å². The molecule has 6 nitrogen and oxygen atoms in total. The summed E-state index contributed by atoms with van der Waals surface area (Å²) in [6.45, 7) is 2.39. The van der Waals surface area contributed by atoms with Crippen molar-refractivity contribution in [1.82, 2.24) is 9.97 Å². The largest absolute Gasteiger partial charge is 0.480 e. The fourth-order valence-corrected chi connectivity index (χ4v) is 5.21. The zero-order valence-electron chi connectivity index (χ0n) is 19.8. The highest BCUT2D eigenvalue weighted by molar-refractivity contribution is 5.88. The van der Waals surface area contributed by atoms with Gasteiger partial charge in [-0.3, -0.25) is 4.99 Å². The first-order valence-corrected chi connectivity index (χ1v) is 12.1. The van der Waals surface area contributed by atoms with Crippen LogP contribution in [0.5, 0.6) is 11.5 Å². The second-order valence-electron chi connectivity index (χ2n) is 10.1. The number of aliphatic imine (C=N–C) groups is 1. The van der Waals surface area contributed by atoms with Gasteiger partial charge in [-0.25, -0.2) is 13.8 Å². The molecule has 196 valence electrons. The van der Waals surface area contributed by atoms with Gasteiger partial charge in [-0.2, -0.15) is 13.2 Å². The van der Waals surface area contributed by atoms with E-state index in [4.69, 9.17) is 14.2 Å². The summed E-state index contributed by atoms with van der Waals surface area (Å²) in [5, 5.41) is 0.0622. The van der Waals surface area contributed by atoms with E-state index in [1.807, 2.05) is 0 Å². The third kappa shape index (κ3) is 4.22. The summed E-state index contributed by atoms with van der Waals surface area (Å²) in [4.78, 5) is 11.3. The van der Waals surface area contributed by atoms with E-state index in [0.29, 0.717) is 37.8 Å². The predicted molar refractivity (Wildman–Crippen MR) is 124 cm³/mol. The fraction of sp³-hybridized carbons (Fsp3) is 0.462. The molecule has 11 heteroatoms. The molecule has 4 heterocycles. The van der Waals surface area contributed by atoms with Gasteiger partial charge in [0.1, 0.15) is 11.4 Å². The predicted octanol–water partition coefficient (Wildman–Crippen LogP) is 6.00. The fourth-order valence-electron chi connectivity index (χ4n) is 5.21. The van der Waals surface area contributed by atoms with Crippen molar-refractivity contribution in [2.45, 2.75) is 43.7 Å². The molecule has 1 aliphatic carbocycles. The summed E-state index contributed by atoms with van der Waals surface area (Å²) in [7, 11) is 0. The van der Waals surface area contributed by atoms with Crippen LogP contribution in [0.2, 0.25) is 0 Å². The zero-order chi connectivity index (χ0) is 25.8. The summed E-state index contributed by atoms with van der Waals surface area (Å²) in [6.07, 6.45) is -0.248. The maximum absolute atomic E-state index is 15.0. The normalized spacial score (nSPS) is 20.5. The maximum atomic E-state index is 15.0. The number of aromatic nitrogens is 2. The molecule has 2 aliphatic heterocycles. The molecule has 1 aromatic carbocycles. The van der Waals surface area contributed by atoms with Crippen LogP contribution in [0.1, 0.15) is 36.8 Å². The minimum Gasteiger partial charge on any atom is -0.480 e. The van der Waals surface area contributed by atoms with Crippen molar-refractivity contribution in [3.05, 3.63) is 53.4 Å². The number of H-pyrrole nitrogens is 1. The topological polar surface area (TPSA) is 68.7 Å². The molecule has 0 amide bonds. The van der Waals surface area contributed by atoms with Gasteiger partial charge in [-0.1, -0.05) is 0 Å². The second kappa shape index (κ2) is 8.68. The Bertz CT molecular complexity index is 1350. The highest BCUT2D eigenvalue weighted by Gasteiger charge is 2.65. The average molecular weight is 521 g/mol. The monoisotopic (exact) mass is 521 g/mol. The molecular weight excluding hydrogens is 497 g/mol. The first kappa shape index (κ1) is 24.1. The van der Waals surface area contributed by atoms with Crippen molar-refractivity contribution in [2.75, 3.05) is 26.4 Å². The van der Waals surface area contributed by atoms with E-state index < -0.39 is 29.0 Å². The van der Waals surface area contributed by atoms with Crippen molar-refractivity contribution in [3.8, 4) is 11.5 Å². The molecule has 1 spiro atoms. The van der Waals surface area contributed by atoms with Crippen molar-refractivity contribution >= 4 is 16.9 Å². The smallest absolute Gasteiger partial charge is 0.398 e. The highest BCUT2D eigenvalue weighted by atomic mass is 19.4. The average Bonchev–Trinajstić information content (AvgIpc) is 3.57. The van der Waals surface area contributed by atoms with Gasteiger partial charge in [0.05, 0.1) is 24.0 Å². The first-order chi connectivity index (χ1) is 17.7. The number of nitrogens with zero attached hydrogens (tertiary/aromatic N) is 2. The molecule has 0 radical (unpaired) electrons. The summed E-state index contributed by atoms with van der Waals surface area (Å²) >= 11 is 0. The number of ether oxygens (including phenoxy) is 3. The molecule has 0 atom stereocenters. The Morgan fingerprint density at radius 2 is 1.78 bits per heavy atom. The van der Waals surface area contributed by atoms with Gasteiger partial charge >= 0.3 is 6.18 Å². The van der Waals surface area contributed by atoms with Gasteiger partial charge in [-0.05, 0) is 55.0 Å². The number of alkyl halides is 3. The second-order valence-corrected chi connectivity index (χ2v) is 10.1. The van der Waals surface area contributed by atoms with Crippen LogP contribution in [0.15, 0.2) is 35.6 Å². The highest BCUT2D eigenvalue weighted by Crippen LogP contribution is 2.61. The summed E-state index contributed by atoms with van der Waals surface area (Å²) in [5.41, 5.74) is -1.65. The SMILES string of the molecule is Fc1cc(CC2=NCC3(CCOCC3)CO2)cc(F)c1Oc1ccnc2[nH]cc(C3(C(F)(F)F)CC3)c12. The number of hydrogen-bond donors (Lipinski definition) is 1. The molecule has 1 N–H and O–H groups in total. The molecule has 1 saturated carbocycles. The summed E-state index contributed by atoms with van der Waals surface area (Å²) in [6, 6.07) is 3.55. The summed E-state index contributed by atoms with van der Waals surface area (Å²) < 4.78 is 88.2. The molecule has 1 saturated heterocycles. The third-order valence-electron chi connectivity index (χ3n) is 7.66. The van der Waals surface area contributed by atoms with Gasteiger partial charge in [0, 0.05) is 37.4 Å². The molecular formula is C26H24F5N3O3. The molecule has 2 fully saturated rings. The van der Waals surface area contributed by atoms with Gasteiger partial charge in [0.25, 0.3) is 0 Å². The Kier molecular flexibility index (Phi) is 5.66. The number of nitrogens with one attached hydrogen (secondary N) is 1. The molecule has 37 heavy (non-hydrogen) atoms. The number of benzene rings is 1. The number of rotatable bonds is 5. The van der Waals surface area contributed by atoms with E-state index in [1.54, 1.807) is 0 Å². The van der Waals surface area contributed by atoms with Gasteiger partial charge in [0.2, 0.25) is 0 Å². The number of halogens is 5. The lowest BCUT2D eigenvalue weighted by atomic mass is 9.80. The Morgan fingerprint density at radius 3 is 2.41 bits per heavy atom. The van der Waals surface area contributed by atoms with Gasteiger partial charge in [0.15, 0.2) is 23.3 Å². The van der Waals surface area contributed by atoms with Crippen molar-refractivity contribution in [2.24, 2.45) is 10.4 Å². The molecule has 2 aromatic heterocycles. The minimum atomic E-state index is -4.47. The zero-order valence-corrected chi connectivity index (χ0v) is 19.8. The van der Waals surface area contributed by atoms with E-state index in [0.717, 1.165) is 25.0 Å². The Hall–Kier alpha value is -3.21. The number of fused-ring (bicyclic) bond motifs is 1. The van der Waals surface area contributed by atoms with Gasteiger partial charge < -0.3 is 19.2 Å². The number of aromatic amines is 1. The lowest BCUT2D eigenvalue weighted by Gasteiger charge is -2.38. The molecule has 3 aliphatic rings. The Balaban J connectivity index is 1.25. The third-order valence-corrected chi connectivity index (χ3v) is 7.66. The van der Waals surface area contributed by atoms with Crippen LogP contribution >= 0.6 is 0 Å². The number of pyridine rings is 1. The van der Waals surface area contributed by atoms with E-state index >= 15 is 8.78 Å². The van der Waals surface area contributed by atoms with Crippen LogP contribution in [0, 0.1) is 17.0 Å². The van der Waals surface area contributed by atoms with Gasteiger partial charge in [-0.15, -0.1) is 0 Å². The van der Waals surface area contributed by atoms with Crippen LogP contribution in [0.25, 0.3) is 11.0 Å². The van der Waals surface area contributed by atoms with Crippen LogP contribution in [0.4, 0.5) is 22.0 Å². The Labute approximate surface area is 208 Å². The van der Waals surface area contributed by atoms with Crippen LogP contribution in [0.3, 0.4) is 0 Å². The van der Waals surface area contributed by atoms with E-state index in [1.165, 1.54) is 18.5 Å². The number of hydrogen-bond acceptors (Lipinski definition) is 5. The quantitative estimate of drug-likeness (QED) is 0.419. The van der Waals surface area contributed by atoms with Crippen molar-refractivity contribution in [1.29, 1.82) is 0 Å². The molecule has 0 unspecified atom stereocenters. The molecule has 6 rings (SSSR count). The first-order valence-electron chi connectivity index (χ1n) is 12.1. The summed E-state index contributed by atoms with van der Waals surface area (Å²) in [5.74, 6) is -2.37. The van der Waals surface area contributed by atoms with E-state index in [2.05, 4.69) is 15.0 Å².